The molecular formula is C12H14N4O4. The molecule has 3 N–H and O–H groups in total. The first-order valence-electron chi connectivity index (χ1n) is 5.69. The molecule has 0 amide bonds. The first kappa shape index (κ1) is 15.2. The van der Waals surface area contributed by atoms with Crippen LogP contribution in [-0.2, 0) is 4.79 Å². The Morgan fingerprint density at radius 1 is 1.65 bits per heavy atom. The first-order valence-corrected chi connectivity index (χ1v) is 5.69. The topological polar surface area (TPSA) is 133 Å². The number of anilines is 2. The standard InChI is InChI=1S/C12H14N4O4/c1-7(12(17)18)6-15(2)9-3-8(5-13)11(16(19)20)10(14)4-9/h3-4,7H,6,14H2,1-2H3,(H,17,18). The van der Waals surface area contributed by atoms with E-state index in [4.69, 9.17) is 16.1 Å². The van der Waals surface area contributed by atoms with Crippen molar-refractivity contribution >= 4 is 23.0 Å². The van der Waals surface area contributed by atoms with Crippen molar-refractivity contribution in [2.24, 2.45) is 5.92 Å². The number of nitro benzene ring substituents is 1. The summed E-state index contributed by atoms with van der Waals surface area (Å²) < 4.78 is 0. The molecule has 0 bridgehead atoms. The van der Waals surface area contributed by atoms with Gasteiger partial charge in [0, 0.05) is 19.3 Å². The Hall–Kier alpha value is -2.82. The van der Waals surface area contributed by atoms with Crippen molar-refractivity contribution in [2.45, 2.75) is 6.92 Å². The Balaban J connectivity index is 3.16. The monoisotopic (exact) mass is 278 g/mol. The lowest BCUT2D eigenvalue weighted by Gasteiger charge is -2.22. The number of aliphatic carboxylic acids is 1. The van der Waals surface area contributed by atoms with Gasteiger partial charge >= 0.3 is 11.7 Å². The molecule has 0 aliphatic carbocycles. The van der Waals surface area contributed by atoms with Crippen LogP contribution in [0.2, 0.25) is 0 Å². The van der Waals surface area contributed by atoms with Crippen molar-refractivity contribution in [3.05, 3.63) is 27.8 Å². The molecule has 0 heterocycles. The summed E-state index contributed by atoms with van der Waals surface area (Å²) in [5, 5.41) is 28.6. The van der Waals surface area contributed by atoms with Crippen molar-refractivity contribution in [3.8, 4) is 6.07 Å². The van der Waals surface area contributed by atoms with E-state index in [-0.39, 0.29) is 17.8 Å². The quantitative estimate of drug-likeness (QED) is 0.469. The molecule has 0 fully saturated rings. The second kappa shape index (κ2) is 5.88. The maximum absolute atomic E-state index is 10.8. The number of nitrogen functional groups attached to an aromatic ring is 1. The zero-order valence-corrected chi connectivity index (χ0v) is 11.0. The summed E-state index contributed by atoms with van der Waals surface area (Å²) in [6.07, 6.45) is 0. The molecule has 1 unspecified atom stereocenters. The van der Waals surface area contributed by atoms with Crippen LogP contribution in [0.25, 0.3) is 0 Å². The highest BCUT2D eigenvalue weighted by Gasteiger charge is 2.21. The van der Waals surface area contributed by atoms with Gasteiger partial charge < -0.3 is 15.7 Å². The van der Waals surface area contributed by atoms with Gasteiger partial charge in [0.1, 0.15) is 17.3 Å². The maximum Gasteiger partial charge on any atom is 0.309 e. The largest absolute Gasteiger partial charge is 0.481 e. The van der Waals surface area contributed by atoms with Gasteiger partial charge in [-0.25, -0.2) is 0 Å². The van der Waals surface area contributed by atoms with E-state index in [1.54, 1.807) is 24.9 Å². The van der Waals surface area contributed by atoms with Gasteiger partial charge in [-0.3, -0.25) is 14.9 Å². The van der Waals surface area contributed by atoms with Crippen molar-refractivity contribution in [2.75, 3.05) is 24.2 Å². The average Bonchev–Trinajstić information content (AvgIpc) is 2.36. The molecule has 0 saturated heterocycles. The van der Waals surface area contributed by atoms with Gasteiger partial charge in [0.15, 0.2) is 0 Å². The molecule has 0 aliphatic rings. The highest BCUT2D eigenvalue weighted by molar-refractivity contribution is 5.74. The summed E-state index contributed by atoms with van der Waals surface area (Å²) in [5.41, 5.74) is 5.33. The number of nitriles is 1. The Morgan fingerprint density at radius 3 is 2.70 bits per heavy atom. The number of carboxylic acids is 1. The van der Waals surface area contributed by atoms with E-state index >= 15 is 0 Å². The summed E-state index contributed by atoms with van der Waals surface area (Å²) in [7, 11) is 1.63. The van der Waals surface area contributed by atoms with Gasteiger partial charge in [0.2, 0.25) is 0 Å². The number of nitro groups is 1. The van der Waals surface area contributed by atoms with Gasteiger partial charge in [0.05, 0.1) is 10.8 Å². The van der Waals surface area contributed by atoms with Crippen LogP contribution in [0.3, 0.4) is 0 Å². The number of benzene rings is 1. The zero-order chi connectivity index (χ0) is 15.4. The van der Waals surface area contributed by atoms with Gasteiger partial charge in [-0.2, -0.15) is 5.26 Å². The number of carboxylic acid groups (broad SMARTS) is 1. The third-order valence-electron chi connectivity index (χ3n) is 2.84. The molecule has 8 heteroatoms. The summed E-state index contributed by atoms with van der Waals surface area (Å²) in [4.78, 5) is 22.5. The van der Waals surface area contributed by atoms with E-state index in [1.165, 1.54) is 12.1 Å². The zero-order valence-electron chi connectivity index (χ0n) is 11.0. The van der Waals surface area contributed by atoms with Crippen LogP contribution in [0.4, 0.5) is 17.1 Å². The Kier molecular flexibility index (Phi) is 4.48. The molecule has 0 aromatic heterocycles. The Morgan fingerprint density at radius 2 is 2.25 bits per heavy atom. The molecule has 1 rings (SSSR count). The van der Waals surface area contributed by atoms with Gasteiger partial charge in [-0.05, 0) is 12.1 Å². The highest BCUT2D eigenvalue weighted by atomic mass is 16.6. The highest BCUT2D eigenvalue weighted by Crippen LogP contribution is 2.31. The Bertz CT molecular complexity index is 594. The van der Waals surface area contributed by atoms with E-state index in [9.17, 15) is 14.9 Å². The summed E-state index contributed by atoms with van der Waals surface area (Å²) in [6.45, 7) is 1.73. The van der Waals surface area contributed by atoms with E-state index in [2.05, 4.69) is 0 Å². The molecule has 0 radical (unpaired) electrons. The second-order valence-corrected chi connectivity index (χ2v) is 4.42. The molecule has 106 valence electrons. The first-order chi connectivity index (χ1) is 9.27. The van der Waals surface area contributed by atoms with Crippen LogP contribution in [0.5, 0.6) is 0 Å². The number of hydrogen-bond acceptors (Lipinski definition) is 6. The molecule has 0 aliphatic heterocycles. The van der Waals surface area contributed by atoms with Gasteiger partial charge in [-0.15, -0.1) is 0 Å². The minimum Gasteiger partial charge on any atom is -0.481 e. The fourth-order valence-corrected chi connectivity index (χ4v) is 1.74. The molecule has 0 saturated carbocycles. The third-order valence-corrected chi connectivity index (χ3v) is 2.84. The maximum atomic E-state index is 10.8. The van der Waals surface area contributed by atoms with Gasteiger partial charge in [0.25, 0.3) is 0 Å². The lowest BCUT2D eigenvalue weighted by atomic mass is 10.1. The second-order valence-electron chi connectivity index (χ2n) is 4.42. The molecular weight excluding hydrogens is 264 g/mol. The van der Waals surface area contributed by atoms with Crippen LogP contribution in [0.15, 0.2) is 12.1 Å². The third kappa shape index (κ3) is 3.14. The van der Waals surface area contributed by atoms with Crippen molar-refractivity contribution in [1.29, 1.82) is 5.26 Å². The van der Waals surface area contributed by atoms with E-state index in [0.29, 0.717) is 5.69 Å². The fraction of sp³-hybridized carbons (Fsp3) is 0.333. The van der Waals surface area contributed by atoms with Crippen LogP contribution in [0, 0.1) is 27.4 Å². The Labute approximate surface area is 115 Å². The number of hydrogen-bond donors (Lipinski definition) is 2. The van der Waals surface area contributed by atoms with Crippen LogP contribution in [-0.4, -0.2) is 29.6 Å². The molecule has 20 heavy (non-hydrogen) atoms. The molecule has 8 nitrogen and oxygen atoms in total. The number of nitrogens with zero attached hydrogens (tertiary/aromatic N) is 3. The molecule has 0 spiro atoms. The number of nitrogens with two attached hydrogens (primary N) is 1. The predicted molar refractivity (Wildman–Crippen MR) is 72.3 cm³/mol. The van der Waals surface area contributed by atoms with Crippen molar-refractivity contribution in [1.82, 2.24) is 0 Å². The van der Waals surface area contributed by atoms with Crippen LogP contribution < -0.4 is 10.6 Å². The van der Waals surface area contributed by atoms with Crippen molar-refractivity contribution < 1.29 is 14.8 Å². The lowest BCUT2D eigenvalue weighted by molar-refractivity contribution is -0.384. The number of rotatable bonds is 5. The minimum absolute atomic E-state index is 0.126. The fourth-order valence-electron chi connectivity index (χ4n) is 1.74. The van der Waals surface area contributed by atoms with Gasteiger partial charge in [-0.1, -0.05) is 6.92 Å². The molecule has 1 atom stereocenters. The lowest BCUT2D eigenvalue weighted by Crippen LogP contribution is -2.28. The molecule has 1 aromatic carbocycles. The SMILES string of the molecule is CC(CN(C)c1cc(N)c([N+](=O)[O-])c(C#N)c1)C(=O)O. The predicted octanol–water partition coefficient (Wildman–Crippen LogP) is 1.21. The number of carbonyl (C=O) groups is 1. The normalized spacial score (nSPS) is 11.4. The summed E-state index contributed by atoms with van der Waals surface area (Å²) in [5.74, 6) is -1.57. The van der Waals surface area contributed by atoms with Crippen LogP contribution in [0.1, 0.15) is 12.5 Å². The van der Waals surface area contributed by atoms with Crippen LogP contribution >= 0.6 is 0 Å². The van der Waals surface area contributed by atoms with E-state index in [1.807, 2.05) is 0 Å². The van der Waals surface area contributed by atoms with Crippen molar-refractivity contribution in [3.63, 3.8) is 0 Å². The van der Waals surface area contributed by atoms with E-state index in [0.717, 1.165) is 0 Å². The van der Waals surface area contributed by atoms with E-state index < -0.39 is 22.5 Å². The minimum atomic E-state index is -0.952. The smallest absolute Gasteiger partial charge is 0.309 e. The average molecular weight is 278 g/mol. The summed E-state index contributed by atoms with van der Waals surface area (Å²) in [6, 6.07) is 4.40. The molecule has 1 aromatic rings. The summed E-state index contributed by atoms with van der Waals surface area (Å²) >= 11 is 0.